The van der Waals surface area contributed by atoms with E-state index in [0.29, 0.717) is 32.5 Å². The second-order valence-electron chi connectivity index (χ2n) is 8.55. The van der Waals surface area contributed by atoms with Gasteiger partial charge < -0.3 is 15.5 Å². The average Bonchev–Trinajstić information content (AvgIpc) is 2.80. The maximum Gasteiger partial charge on any atom is 0.317 e. The Bertz CT molecular complexity index is 864. The van der Waals surface area contributed by atoms with Crippen molar-refractivity contribution >= 4 is 27.6 Å². The van der Waals surface area contributed by atoms with Crippen LogP contribution in [-0.4, -0.2) is 92.1 Å². The van der Waals surface area contributed by atoms with Gasteiger partial charge in [0.1, 0.15) is 0 Å². The second-order valence-corrected chi connectivity index (χ2v) is 10.9. The molecule has 178 valence electrons. The molecule has 2 fully saturated rings. The van der Waals surface area contributed by atoms with Crippen molar-refractivity contribution in [2.75, 3.05) is 50.8 Å². The summed E-state index contributed by atoms with van der Waals surface area (Å²) in [5.41, 5.74) is 0.793. The van der Waals surface area contributed by atoms with Gasteiger partial charge in [-0.25, -0.2) is 17.5 Å². The van der Waals surface area contributed by atoms with Crippen molar-refractivity contribution in [3.8, 4) is 0 Å². The summed E-state index contributed by atoms with van der Waals surface area (Å²) in [6.07, 6.45) is 2.91. The number of sulfonamides is 1. The number of nitrogens with one attached hydrogen (secondary N) is 2. The zero-order valence-electron chi connectivity index (χ0n) is 19.0. The van der Waals surface area contributed by atoms with Crippen molar-refractivity contribution in [2.45, 2.75) is 44.7 Å². The number of amides is 3. The number of hydrogen-bond acceptors (Lipinski definition) is 5. The zero-order chi connectivity index (χ0) is 23.1. The maximum absolute atomic E-state index is 12.7. The number of rotatable bonds is 7. The first kappa shape index (κ1) is 24.5. The highest BCUT2D eigenvalue weighted by atomic mass is 32.2. The molecule has 2 heterocycles. The molecule has 10 heteroatoms. The van der Waals surface area contributed by atoms with E-state index in [1.807, 2.05) is 30.3 Å². The van der Waals surface area contributed by atoms with Crippen LogP contribution in [0.3, 0.4) is 0 Å². The highest BCUT2D eigenvalue weighted by Gasteiger charge is 2.31. The number of nitrogens with zero attached hydrogens (tertiary/aromatic N) is 3. The van der Waals surface area contributed by atoms with Crippen molar-refractivity contribution in [3.05, 3.63) is 30.3 Å². The maximum atomic E-state index is 12.7. The summed E-state index contributed by atoms with van der Waals surface area (Å²) >= 11 is 0. The van der Waals surface area contributed by atoms with Gasteiger partial charge in [0.2, 0.25) is 15.9 Å². The first-order chi connectivity index (χ1) is 15.3. The smallest absolute Gasteiger partial charge is 0.317 e. The molecule has 9 nitrogen and oxygen atoms in total. The summed E-state index contributed by atoms with van der Waals surface area (Å²) < 4.78 is 25.6. The van der Waals surface area contributed by atoms with Crippen LogP contribution in [0.1, 0.15) is 32.6 Å². The molecular formula is C22H35N5O4S. The Morgan fingerprint density at radius 3 is 2.25 bits per heavy atom. The van der Waals surface area contributed by atoms with Crippen LogP contribution in [0.4, 0.5) is 10.5 Å². The van der Waals surface area contributed by atoms with Crippen molar-refractivity contribution < 1.29 is 18.0 Å². The summed E-state index contributed by atoms with van der Waals surface area (Å²) in [5, 5.41) is 6.02. The molecule has 0 radical (unpaired) electrons. The molecule has 2 saturated heterocycles. The van der Waals surface area contributed by atoms with Gasteiger partial charge in [0.25, 0.3) is 0 Å². The number of carbonyl (C=O) groups excluding carboxylic acids is 2. The van der Waals surface area contributed by atoms with Gasteiger partial charge in [-0.3, -0.25) is 9.69 Å². The van der Waals surface area contributed by atoms with E-state index >= 15 is 0 Å². The molecule has 1 aromatic carbocycles. The zero-order valence-corrected chi connectivity index (χ0v) is 19.8. The molecule has 0 spiro atoms. The highest BCUT2D eigenvalue weighted by Crippen LogP contribution is 2.19. The summed E-state index contributed by atoms with van der Waals surface area (Å²) in [6.45, 7) is 4.62. The largest absolute Gasteiger partial charge is 0.335 e. The number of carbonyl (C=O) groups is 2. The first-order valence-electron chi connectivity index (χ1n) is 11.4. The number of likely N-dealkylation sites (tertiary alicyclic amines) is 2. The molecule has 0 aliphatic carbocycles. The van der Waals surface area contributed by atoms with E-state index in [-0.39, 0.29) is 29.8 Å². The van der Waals surface area contributed by atoms with Gasteiger partial charge in [-0.15, -0.1) is 0 Å². The van der Waals surface area contributed by atoms with E-state index in [9.17, 15) is 18.0 Å². The fourth-order valence-corrected chi connectivity index (χ4v) is 5.36. The lowest BCUT2D eigenvalue weighted by molar-refractivity contribution is -0.117. The van der Waals surface area contributed by atoms with E-state index in [2.05, 4.69) is 15.5 Å². The predicted molar refractivity (Wildman–Crippen MR) is 125 cm³/mol. The topological polar surface area (TPSA) is 102 Å². The Morgan fingerprint density at radius 1 is 1.03 bits per heavy atom. The van der Waals surface area contributed by atoms with Crippen LogP contribution >= 0.6 is 0 Å². The van der Waals surface area contributed by atoms with Crippen LogP contribution in [0, 0.1) is 0 Å². The van der Waals surface area contributed by atoms with Crippen molar-refractivity contribution in [3.63, 3.8) is 0 Å². The minimum Gasteiger partial charge on any atom is -0.335 e. The Balaban J connectivity index is 1.36. The van der Waals surface area contributed by atoms with E-state index in [1.54, 1.807) is 18.9 Å². The fraction of sp³-hybridized carbons (Fsp3) is 0.636. The number of anilines is 1. The van der Waals surface area contributed by atoms with Gasteiger partial charge in [-0.2, -0.15) is 0 Å². The minimum atomic E-state index is -3.21. The van der Waals surface area contributed by atoms with Crippen LogP contribution < -0.4 is 10.6 Å². The van der Waals surface area contributed by atoms with E-state index in [1.165, 1.54) is 4.31 Å². The van der Waals surface area contributed by atoms with Gasteiger partial charge in [0.15, 0.2) is 0 Å². The third kappa shape index (κ3) is 6.66. The molecule has 0 bridgehead atoms. The Kier molecular flexibility index (Phi) is 8.50. The monoisotopic (exact) mass is 465 g/mol. The SMILES string of the molecule is CCS(=O)(=O)N(C)C1CCN(C(=O)NC2CCN(CC(=O)Nc3ccccc3)CC2)CC1. The molecule has 2 aliphatic rings. The van der Waals surface area contributed by atoms with Gasteiger partial charge in [0.05, 0.1) is 12.3 Å². The lowest BCUT2D eigenvalue weighted by Gasteiger charge is -2.37. The Hall–Kier alpha value is -2.17. The molecule has 0 unspecified atom stereocenters. The molecule has 3 amide bonds. The molecule has 3 rings (SSSR count). The number of para-hydroxylation sites is 1. The van der Waals surface area contributed by atoms with Crippen LogP contribution in [0.5, 0.6) is 0 Å². The summed E-state index contributed by atoms with van der Waals surface area (Å²) in [4.78, 5) is 28.8. The molecule has 0 saturated carbocycles. The Labute approximate surface area is 191 Å². The Morgan fingerprint density at radius 2 is 1.66 bits per heavy atom. The van der Waals surface area contributed by atoms with Crippen LogP contribution in [0.15, 0.2) is 30.3 Å². The average molecular weight is 466 g/mol. The molecular weight excluding hydrogens is 430 g/mol. The van der Waals surface area contributed by atoms with E-state index in [0.717, 1.165) is 31.6 Å². The summed E-state index contributed by atoms with van der Waals surface area (Å²) in [7, 11) is -1.58. The molecule has 2 aliphatic heterocycles. The first-order valence-corrected chi connectivity index (χ1v) is 13.0. The van der Waals surface area contributed by atoms with Crippen LogP contribution in [-0.2, 0) is 14.8 Å². The number of benzene rings is 1. The molecule has 2 N–H and O–H groups in total. The molecule has 1 aromatic rings. The van der Waals surface area contributed by atoms with Gasteiger partial charge in [0, 0.05) is 51.0 Å². The second kappa shape index (κ2) is 11.1. The van der Waals surface area contributed by atoms with Gasteiger partial charge in [-0.05, 0) is 44.7 Å². The van der Waals surface area contributed by atoms with Crippen molar-refractivity contribution in [2.24, 2.45) is 0 Å². The van der Waals surface area contributed by atoms with E-state index < -0.39 is 10.0 Å². The lowest BCUT2D eigenvalue weighted by atomic mass is 10.0. The van der Waals surface area contributed by atoms with Crippen molar-refractivity contribution in [1.82, 2.24) is 19.4 Å². The standard InChI is InChI=1S/C22H35N5O4S/c1-3-32(30,31)25(2)20-11-15-27(16-12-20)22(29)24-19-9-13-26(14-10-19)17-21(28)23-18-7-5-4-6-8-18/h4-8,19-20H,3,9-17H2,1-2H3,(H,23,28)(H,24,29). The molecule has 32 heavy (non-hydrogen) atoms. The van der Waals surface area contributed by atoms with Gasteiger partial charge >= 0.3 is 6.03 Å². The van der Waals surface area contributed by atoms with E-state index in [4.69, 9.17) is 0 Å². The quantitative estimate of drug-likeness (QED) is 0.636. The normalized spacial score (nSPS) is 19.2. The summed E-state index contributed by atoms with van der Waals surface area (Å²) in [6, 6.07) is 9.38. The van der Waals surface area contributed by atoms with Crippen molar-refractivity contribution in [1.29, 1.82) is 0 Å². The lowest BCUT2D eigenvalue weighted by Crippen LogP contribution is -2.53. The molecule has 0 atom stereocenters. The minimum absolute atomic E-state index is 0.0309. The predicted octanol–water partition coefficient (Wildman–Crippen LogP) is 1.55. The van der Waals surface area contributed by atoms with Crippen LogP contribution in [0.2, 0.25) is 0 Å². The number of urea groups is 1. The molecule has 0 aromatic heterocycles. The third-order valence-corrected chi connectivity index (χ3v) is 8.31. The van der Waals surface area contributed by atoms with Gasteiger partial charge in [-0.1, -0.05) is 18.2 Å². The third-order valence-electron chi connectivity index (χ3n) is 6.41. The summed E-state index contributed by atoms with van der Waals surface area (Å²) in [5.74, 6) is 0.0631. The highest BCUT2D eigenvalue weighted by molar-refractivity contribution is 7.89. The van der Waals surface area contributed by atoms with Crippen LogP contribution in [0.25, 0.3) is 0 Å². The number of piperidine rings is 2. The fourth-order valence-electron chi connectivity index (χ4n) is 4.29. The number of hydrogen-bond donors (Lipinski definition) is 2.